The van der Waals surface area contributed by atoms with Gasteiger partial charge in [-0.05, 0) is 39.8 Å². The summed E-state index contributed by atoms with van der Waals surface area (Å²) in [7, 11) is 0. The maximum absolute atomic E-state index is 11.8. The van der Waals surface area contributed by atoms with Crippen LogP contribution >= 0.6 is 0 Å². The molecule has 0 radical (unpaired) electrons. The van der Waals surface area contributed by atoms with Crippen LogP contribution in [0.25, 0.3) is 10.4 Å². The molecule has 14 heteroatoms. The van der Waals surface area contributed by atoms with Crippen molar-refractivity contribution in [3.05, 3.63) is 190 Å². The van der Waals surface area contributed by atoms with E-state index >= 15 is 0 Å². The number of hydrogen-bond donors (Lipinski definition) is 2. The van der Waals surface area contributed by atoms with Crippen LogP contribution in [0.5, 0.6) is 0 Å². The van der Waals surface area contributed by atoms with Crippen molar-refractivity contribution in [2.24, 2.45) is 5.11 Å². The second-order valence-corrected chi connectivity index (χ2v) is 15.6. The average Bonchev–Trinajstić information content (AvgIpc) is 3.34. The van der Waals surface area contributed by atoms with Crippen molar-refractivity contribution < 1.29 is 52.8 Å². The zero-order valence-corrected chi connectivity index (χ0v) is 35.7. The van der Waals surface area contributed by atoms with E-state index in [-0.39, 0.29) is 52.8 Å². The predicted octanol–water partition coefficient (Wildman–Crippen LogP) is 7.45. The molecular weight excluding hydrogens is 819 g/mol. The van der Waals surface area contributed by atoms with Gasteiger partial charge in [-0.25, -0.2) is 0 Å². The highest BCUT2D eigenvalue weighted by atomic mass is 16.8. The van der Waals surface area contributed by atoms with Gasteiger partial charge in [-0.15, -0.1) is 0 Å². The highest BCUT2D eigenvalue weighted by Gasteiger charge is 2.54. The molecule has 0 unspecified atom stereocenters. The monoisotopic (exact) mass is 875 g/mol. The molecule has 0 saturated carbocycles. The van der Waals surface area contributed by atoms with E-state index in [0.29, 0.717) is 6.42 Å². The van der Waals surface area contributed by atoms with Crippen molar-refractivity contribution in [3.63, 3.8) is 0 Å². The molecule has 5 aromatic rings. The van der Waals surface area contributed by atoms with E-state index in [1.54, 1.807) is 0 Å². The molecule has 2 aliphatic rings. The minimum absolute atomic E-state index is 0.0387. The quantitative estimate of drug-likeness (QED) is 0.0273. The molecule has 2 heterocycles. The van der Waals surface area contributed by atoms with E-state index in [9.17, 15) is 10.2 Å². The van der Waals surface area contributed by atoms with Gasteiger partial charge in [-0.2, -0.15) is 0 Å². The number of ether oxygens (including phenoxy) is 9. The summed E-state index contributed by atoms with van der Waals surface area (Å²) in [6.45, 7) is 0.891. The third-order valence-corrected chi connectivity index (χ3v) is 11.0. The first-order valence-corrected chi connectivity index (χ1v) is 21.7. The summed E-state index contributed by atoms with van der Waals surface area (Å²) in [5.74, 6) is 0. The van der Waals surface area contributed by atoms with Gasteiger partial charge < -0.3 is 52.8 Å². The molecular formula is C50H57N3O11. The predicted molar refractivity (Wildman–Crippen MR) is 236 cm³/mol. The van der Waals surface area contributed by atoms with E-state index in [0.717, 1.165) is 27.8 Å². The smallest absolute Gasteiger partial charge is 0.187 e. The first-order chi connectivity index (χ1) is 31.6. The molecule has 0 bridgehead atoms. The van der Waals surface area contributed by atoms with Crippen molar-refractivity contribution >= 4 is 0 Å². The number of nitrogens with zero attached hydrogens (tertiary/aromatic N) is 3. The molecule has 10 atom stereocenters. The Hall–Kier alpha value is -5.03. The SMILES string of the molecule is [N-]=[N+]=NCCCO[C@@H]1O[C@H](COCc2ccccc2)[C@@H](O[C@@H]2O[C@H](CO)[C@H](O)[C@H](OCc3ccccc3)[C@H]2OCc2ccccc2)[C@H](OCc2ccccc2)[C@H]1OCc1ccccc1. The van der Waals surface area contributed by atoms with Crippen LogP contribution in [-0.2, 0) is 75.7 Å². The largest absolute Gasteiger partial charge is 0.394 e. The standard InChI is InChI=1S/C50H57N3O11/c51-53-52-27-16-28-57-49-48(61-34-40-25-14-5-15-26-40)46(59-32-38-21-10-3-11-22-38)44(42(63-49)35-56-30-36-17-6-1-7-18-36)64-50-47(60-33-39-23-12-4-13-24-39)45(43(55)41(29-54)62-50)58-31-37-19-8-2-9-20-37/h1-15,17-26,41-50,54-55H,16,27-35H2/t41-,42-,43+,44-,45+,46+,47-,48-,49-,50+/m1/s1. The van der Waals surface area contributed by atoms with Crippen molar-refractivity contribution in [1.82, 2.24) is 0 Å². The molecule has 2 aliphatic heterocycles. The van der Waals surface area contributed by atoms with Gasteiger partial charge in [0.2, 0.25) is 0 Å². The molecule has 0 aliphatic carbocycles. The number of hydrogen-bond acceptors (Lipinski definition) is 12. The van der Waals surface area contributed by atoms with Gasteiger partial charge in [0.05, 0.1) is 46.2 Å². The first-order valence-electron chi connectivity index (χ1n) is 21.7. The molecule has 0 spiro atoms. The second kappa shape index (κ2) is 25.5. The van der Waals surface area contributed by atoms with Gasteiger partial charge in [0.15, 0.2) is 12.6 Å². The van der Waals surface area contributed by atoms with E-state index < -0.39 is 68.0 Å². The minimum Gasteiger partial charge on any atom is -0.394 e. The molecule has 5 aromatic carbocycles. The molecule has 14 nitrogen and oxygen atoms in total. The topological polar surface area (TPSA) is 172 Å². The van der Waals surface area contributed by atoms with Crippen molar-refractivity contribution in [2.45, 2.75) is 101 Å². The lowest BCUT2D eigenvalue weighted by molar-refractivity contribution is -0.375. The Morgan fingerprint density at radius 1 is 0.500 bits per heavy atom. The van der Waals surface area contributed by atoms with Crippen LogP contribution in [0.3, 0.4) is 0 Å². The average molecular weight is 876 g/mol. The highest BCUT2D eigenvalue weighted by molar-refractivity contribution is 5.17. The van der Waals surface area contributed by atoms with Gasteiger partial charge in [0.25, 0.3) is 0 Å². The van der Waals surface area contributed by atoms with Crippen molar-refractivity contribution in [1.29, 1.82) is 0 Å². The normalized spacial score (nSPS) is 25.7. The van der Waals surface area contributed by atoms with Gasteiger partial charge >= 0.3 is 0 Å². The summed E-state index contributed by atoms with van der Waals surface area (Å²) in [6, 6.07) is 48.6. The summed E-state index contributed by atoms with van der Waals surface area (Å²) < 4.78 is 60.0. The summed E-state index contributed by atoms with van der Waals surface area (Å²) in [4.78, 5) is 2.88. The fourth-order valence-electron chi connectivity index (χ4n) is 7.66. The number of azide groups is 1. The van der Waals surface area contributed by atoms with E-state index in [1.807, 2.05) is 152 Å². The fourth-order valence-corrected chi connectivity index (χ4v) is 7.66. The maximum Gasteiger partial charge on any atom is 0.187 e. The van der Waals surface area contributed by atoms with Gasteiger partial charge in [0, 0.05) is 18.1 Å². The molecule has 7 rings (SSSR count). The molecule has 64 heavy (non-hydrogen) atoms. The Labute approximate surface area is 374 Å². The minimum atomic E-state index is -1.28. The van der Waals surface area contributed by atoms with Crippen LogP contribution in [0, 0.1) is 0 Å². The first kappa shape index (κ1) is 46.9. The lowest BCUT2D eigenvalue weighted by Gasteiger charge is -2.49. The number of rotatable bonds is 24. The molecule has 338 valence electrons. The number of aliphatic hydroxyl groups excluding tert-OH is 2. The fraction of sp³-hybridized carbons (Fsp3) is 0.400. The third-order valence-electron chi connectivity index (χ3n) is 11.0. The van der Waals surface area contributed by atoms with Gasteiger partial charge in [-0.3, -0.25) is 0 Å². The lowest BCUT2D eigenvalue weighted by Crippen LogP contribution is -2.66. The van der Waals surface area contributed by atoms with Gasteiger partial charge in [0.1, 0.15) is 48.8 Å². The Kier molecular flexibility index (Phi) is 18.7. The lowest BCUT2D eigenvalue weighted by atomic mass is 9.96. The molecule has 2 saturated heterocycles. The second-order valence-electron chi connectivity index (χ2n) is 15.6. The molecule has 2 fully saturated rings. The van der Waals surface area contributed by atoms with Crippen LogP contribution in [0.15, 0.2) is 157 Å². The van der Waals surface area contributed by atoms with Crippen molar-refractivity contribution in [2.75, 3.05) is 26.4 Å². The summed E-state index contributed by atoms with van der Waals surface area (Å²) in [5.41, 5.74) is 13.5. The summed E-state index contributed by atoms with van der Waals surface area (Å²) in [5, 5.41) is 26.1. The van der Waals surface area contributed by atoms with E-state index in [2.05, 4.69) is 10.0 Å². The van der Waals surface area contributed by atoms with E-state index in [4.69, 9.17) is 48.2 Å². The van der Waals surface area contributed by atoms with Crippen LogP contribution < -0.4 is 0 Å². The van der Waals surface area contributed by atoms with Crippen LogP contribution in [0.2, 0.25) is 0 Å². The molecule has 0 amide bonds. The third kappa shape index (κ3) is 13.7. The molecule has 0 aromatic heterocycles. The van der Waals surface area contributed by atoms with Crippen LogP contribution in [0.1, 0.15) is 34.2 Å². The Bertz CT molecular complexity index is 2090. The summed E-state index contributed by atoms with van der Waals surface area (Å²) in [6.07, 6.45) is -9.74. The van der Waals surface area contributed by atoms with E-state index in [1.165, 1.54) is 0 Å². The van der Waals surface area contributed by atoms with Gasteiger partial charge in [-0.1, -0.05) is 157 Å². The number of aliphatic hydroxyl groups is 2. The zero-order chi connectivity index (χ0) is 44.2. The maximum atomic E-state index is 11.8. The molecule has 2 N–H and O–H groups in total. The Morgan fingerprint density at radius 2 is 0.922 bits per heavy atom. The van der Waals surface area contributed by atoms with Crippen LogP contribution in [0.4, 0.5) is 0 Å². The van der Waals surface area contributed by atoms with Crippen LogP contribution in [-0.4, -0.2) is 98.0 Å². The van der Waals surface area contributed by atoms with Crippen molar-refractivity contribution in [3.8, 4) is 0 Å². The summed E-state index contributed by atoms with van der Waals surface area (Å²) >= 11 is 0. The Morgan fingerprint density at radius 3 is 1.39 bits per heavy atom. The highest BCUT2D eigenvalue weighted by Crippen LogP contribution is 2.36. The number of benzene rings is 5. The Balaban J connectivity index is 1.25. The zero-order valence-electron chi connectivity index (χ0n) is 35.7.